The first-order valence-electron chi connectivity index (χ1n) is 11.3. The highest BCUT2D eigenvalue weighted by Gasteiger charge is 2.33. The minimum absolute atomic E-state index is 0.116. The molecule has 3 N–H and O–H groups in total. The Kier molecular flexibility index (Phi) is 8.62. The molecular weight excluding hydrogens is 432 g/mol. The van der Waals surface area contributed by atoms with E-state index in [1.165, 1.54) is 13.2 Å². The number of ether oxygens (including phenoxy) is 2. The zero-order chi connectivity index (χ0) is 23.3. The average molecular weight is 467 g/mol. The Bertz CT molecular complexity index is 821. The maximum Gasteiger partial charge on any atom is 0.255 e. The Morgan fingerprint density at radius 1 is 1.22 bits per heavy atom. The topological polar surface area (TPSA) is 97.1 Å². The molecule has 3 atom stereocenters. The van der Waals surface area contributed by atoms with Crippen molar-refractivity contribution in [1.29, 1.82) is 0 Å². The van der Waals surface area contributed by atoms with Crippen molar-refractivity contribution >= 4 is 29.1 Å². The van der Waals surface area contributed by atoms with Crippen molar-refractivity contribution in [2.75, 3.05) is 52.7 Å². The lowest BCUT2D eigenvalue weighted by atomic mass is 9.94. The van der Waals surface area contributed by atoms with Crippen LogP contribution in [-0.4, -0.2) is 80.7 Å². The number of piperidine rings is 2. The Morgan fingerprint density at radius 3 is 2.69 bits per heavy atom. The summed E-state index contributed by atoms with van der Waals surface area (Å²) in [6.45, 7) is 6.16. The summed E-state index contributed by atoms with van der Waals surface area (Å²) in [4.78, 5) is 29.4. The Morgan fingerprint density at radius 2 is 2.00 bits per heavy atom. The Labute approximate surface area is 195 Å². The van der Waals surface area contributed by atoms with Crippen molar-refractivity contribution in [1.82, 2.24) is 15.1 Å². The third-order valence-electron chi connectivity index (χ3n) is 6.52. The molecule has 1 aromatic rings. The number of nitrogens with zero attached hydrogens (tertiary/aromatic N) is 2. The smallest absolute Gasteiger partial charge is 0.255 e. The van der Waals surface area contributed by atoms with Crippen LogP contribution in [-0.2, 0) is 9.53 Å². The van der Waals surface area contributed by atoms with E-state index >= 15 is 0 Å². The summed E-state index contributed by atoms with van der Waals surface area (Å²) in [5.74, 6) is 0.845. The normalized spacial score (nSPS) is 24.2. The molecule has 3 rings (SSSR count). The van der Waals surface area contributed by atoms with Crippen molar-refractivity contribution < 1.29 is 19.1 Å². The molecule has 2 aliphatic rings. The van der Waals surface area contributed by atoms with Gasteiger partial charge in [-0.25, -0.2) is 0 Å². The monoisotopic (exact) mass is 466 g/mol. The quantitative estimate of drug-likeness (QED) is 0.599. The summed E-state index contributed by atoms with van der Waals surface area (Å²) in [5, 5.41) is 3.41. The van der Waals surface area contributed by atoms with E-state index in [-0.39, 0.29) is 24.0 Å². The first kappa shape index (κ1) is 24.6. The zero-order valence-corrected chi connectivity index (χ0v) is 20.0. The molecule has 9 heteroatoms. The first-order valence-corrected chi connectivity index (χ1v) is 11.7. The molecule has 0 aliphatic carbocycles. The predicted molar refractivity (Wildman–Crippen MR) is 125 cm³/mol. The summed E-state index contributed by atoms with van der Waals surface area (Å²) in [5.41, 5.74) is 6.55. The third-order valence-corrected chi connectivity index (χ3v) is 6.84. The fourth-order valence-corrected chi connectivity index (χ4v) is 4.90. The zero-order valence-electron chi connectivity index (χ0n) is 19.2. The second-order valence-corrected chi connectivity index (χ2v) is 9.09. The van der Waals surface area contributed by atoms with Crippen molar-refractivity contribution in [2.24, 2.45) is 5.92 Å². The SMILES string of the molecule is CCC(=O)N1CCCC(CN2CC[C@H](NC(=O)c3cc(Cl)c(N)cc3OC)[C@H](OC)C2)C1. The van der Waals surface area contributed by atoms with Crippen molar-refractivity contribution in [3.63, 3.8) is 0 Å². The van der Waals surface area contributed by atoms with E-state index in [1.54, 1.807) is 13.2 Å². The molecule has 0 bridgehead atoms. The van der Waals surface area contributed by atoms with E-state index in [2.05, 4.69) is 10.2 Å². The molecule has 178 valence electrons. The van der Waals surface area contributed by atoms with Gasteiger partial charge < -0.3 is 30.3 Å². The van der Waals surface area contributed by atoms with Gasteiger partial charge in [-0.1, -0.05) is 18.5 Å². The van der Waals surface area contributed by atoms with E-state index in [1.807, 2.05) is 11.8 Å². The van der Waals surface area contributed by atoms with Gasteiger partial charge in [0.1, 0.15) is 5.75 Å². The molecule has 2 amide bonds. The van der Waals surface area contributed by atoms with Gasteiger partial charge in [0.25, 0.3) is 5.91 Å². The number of carbonyl (C=O) groups excluding carboxylic acids is 2. The molecule has 1 aromatic carbocycles. The van der Waals surface area contributed by atoms with Gasteiger partial charge in [0.15, 0.2) is 0 Å². The number of anilines is 1. The number of amides is 2. The lowest BCUT2D eigenvalue weighted by molar-refractivity contribution is -0.132. The van der Waals surface area contributed by atoms with Crippen LogP contribution in [0.15, 0.2) is 12.1 Å². The third kappa shape index (κ3) is 5.85. The van der Waals surface area contributed by atoms with Gasteiger partial charge in [-0.2, -0.15) is 0 Å². The van der Waals surface area contributed by atoms with E-state index in [0.29, 0.717) is 34.4 Å². The molecular formula is C23H35ClN4O4. The van der Waals surface area contributed by atoms with E-state index < -0.39 is 0 Å². The number of hydrogen-bond donors (Lipinski definition) is 2. The Balaban J connectivity index is 1.58. The molecule has 32 heavy (non-hydrogen) atoms. The van der Waals surface area contributed by atoms with Gasteiger partial charge >= 0.3 is 0 Å². The van der Waals surface area contributed by atoms with Crippen LogP contribution in [0.25, 0.3) is 0 Å². The van der Waals surface area contributed by atoms with E-state index in [9.17, 15) is 9.59 Å². The summed E-state index contributed by atoms with van der Waals surface area (Å²) >= 11 is 6.12. The number of nitrogen functional groups attached to an aromatic ring is 1. The number of halogens is 1. The molecule has 2 fully saturated rings. The maximum absolute atomic E-state index is 12.9. The van der Waals surface area contributed by atoms with Crippen LogP contribution in [0.5, 0.6) is 5.75 Å². The first-order chi connectivity index (χ1) is 15.4. The molecule has 8 nitrogen and oxygen atoms in total. The average Bonchev–Trinajstić information content (AvgIpc) is 2.80. The van der Waals surface area contributed by atoms with Crippen LogP contribution in [0.4, 0.5) is 5.69 Å². The van der Waals surface area contributed by atoms with Gasteiger partial charge in [0.2, 0.25) is 5.91 Å². The summed E-state index contributed by atoms with van der Waals surface area (Å²) in [6, 6.07) is 2.98. The van der Waals surface area contributed by atoms with Gasteiger partial charge in [-0.3, -0.25) is 9.59 Å². The summed E-state index contributed by atoms with van der Waals surface area (Å²) in [7, 11) is 3.17. The fraction of sp³-hybridized carbons (Fsp3) is 0.652. The van der Waals surface area contributed by atoms with Crippen LogP contribution < -0.4 is 15.8 Å². The van der Waals surface area contributed by atoms with Crippen molar-refractivity contribution in [3.8, 4) is 5.75 Å². The second-order valence-electron chi connectivity index (χ2n) is 8.68. The minimum atomic E-state index is -0.259. The fourth-order valence-electron chi connectivity index (χ4n) is 4.74. The van der Waals surface area contributed by atoms with Crippen molar-refractivity contribution in [3.05, 3.63) is 22.7 Å². The minimum Gasteiger partial charge on any atom is -0.496 e. The van der Waals surface area contributed by atoms with Gasteiger partial charge in [-0.15, -0.1) is 0 Å². The molecule has 2 aliphatic heterocycles. The van der Waals surface area contributed by atoms with Gasteiger partial charge in [0.05, 0.1) is 35.5 Å². The molecule has 0 radical (unpaired) electrons. The predicted octanol–water partition coefficient (Wildman–Crippen LogP) is 2.40. The van der Waals surface area contributed by atoms with Crippen LogP contribution in [0.2, 0.25) is 5.02 Å². The molecule has 2 saturated heterocycles. The Hall–Kier alpha value is -2.03. The largest absolute Gasteiger partial charge is 0.496 e. The number of likely N-dealkylation sites (tertiary alicyclic amines) is 2. The van der Waals surface area contributed by atoms with Crippen LogP contribution in [0, 0.1) is 5.92 Å². The highest BCUT2D eigenvalue weighted by atomic mass is 35.5. The molecule has 1 unspecified atom stereocenters. The number of benzene rings is 1. The van der Waals surface area contributed by atoms with Gasteiger partial charge in [0, 0.05) is 52.3 Å². The van der Waals surface area contributed by atoms with E-state index in [0.717, 1.165) is 52.0 Å². The van der Waals surface area contributed by atoms with E-state index in [4.69, 9.17) is 26.8 Å². The van der Waals surface area contributed by atoms with Crippen LogP contribution in [0.1, 0.15) is 43.0 Å². The highest BCUT2D eigenvalue weighted by molar-refractivity contribution is 6.33. The number of methoxy groups -OCH3 is 2. The molecule has 2 heterocycles. The molecule has 0 spiro atoms. The maximum atomic E-state index is 12.9. The molecule has 0 saturated carbocycles. The number of carbonyl (C=O) groups is 2. The lowest BCUT2D eigenvalue weighted by Gasteiger charge is -2.41. The van der Waals surface area contributed by atoms with Crippen LogP contribution in [0.3, 0.4) is 0 Å². The summed E-state index contributed by atoms with van der Waals surface area (Å²) in [6.07, 6.45) is 3.41. The van der Waals surface area contributed by atoms with Gasteiger partial charge in [-0.05, 0) is 31.2 Å². The number of nitrogens with one attached hydrogen (secondary N) is 1. The van der Waals surface area contributed by atoms with Crippen molar-refractivity contribution in [2.45, 2.75) is 44.8 Å². The van der Waals surface area contributed by atoms with Crippen LogP contribution >= 0.6 is 11.6 Å². The standard InChI is InChI=1S/C23H35ClN4O4/c1-4-22(29)28-8-5-6-15(13-28)12-27-9-7-19(21(14-27)32-3)26-23(30)16-10-17(24)18(25)11-20(16)31-2/h10-11,15,19,21H,4-9,12-14,25H2,1-3H3,(H,26,30)/t15?,19-,21+/m0/s1. The number of nitrogens with two attached hydrogens (primary N) is 1. The summed E-state index contributed by atoms with van der Waals surface area (Å²) < 4.78 is 11.1. The number of rotatable bonds is 7. The molecule has 0 aromatic heterocycles. The second kappa shape index (κ2) is 11.2. The highest BCUT2D eigenvalue weighted by Crippen LogP contribution is 2.29. The number of hydrogen-bond acceptors (Lipinski definition) is 6. The lowest BCUT2D eigenvalue weighted by Crippen LogP contribution is -2.56.